The van der Waals surface area contributed by atoms with Gasteiger partial charge in [0.2, 0.25) is 5.16 Å². The van der Waals surface area contributed by atoms with Crippen LogP contribution in [0.1, 0.15) is 17.7 Å². The summed E-state index contributed by atoms with van der Waals surface area (Å²) in [4.78, 5) is 0. The van der Waals surface area contributed by atoms with Crippen LogP contribution in [0.25, 0.3) is 5.69 Å². The third-order valence-corrected chi connectivity index (χ3v) is 4.80. The first-order valence-corrected chi connectivity index (χ1v) is 8.28. The van der Waals surface area contributed by atoms with Crippen LogP contribution in [0.3, 0.4) is 0 Å². The largest absolute Gasteiger partial charge is 0.497 e. The van der Waals surface area contributed by atoms with Gasteiger partial charge >= 0.3 is 0 Å². The summed E-state index contributed by atoms with van der Waals surface area (Å²) in [5.74, 6) is 0.792. The van der Waals surface area contributed by atoms with Crippen molar-refractivity contribution in [3.63, 3.8) is 0 Å². The van der Waals surface area contributed by atoms with E-state index >= 15 is 0 Å². The summed E-state index contributed by atoms with van der Waals surface area (Å²) in [7, 11) is 1.64. The maximum atomic E-state index is 6.26. The normalized spacial score (nSPS) is 12.1. The van der Waals surface area contributed by atoms with E-state index in [1.54, 1.807) is 23.6 Å². The van der Waals surface area contributed by atoms with E-state index in [2.05, 4.69) is 22.4 Å². The molecule has 1 aromatic heterocycles. The van der Waals surface area contributed by atoms with E-state index in [-0.39, 0.29) is 5.25 Å². The molecule has 118 valence electrons. The van der Waals surface area contributed by atoms with E-state index < -0.39 is 0 Å². The number of hydrogen-bond acceptors (Lipinski definition) is 5. The number of thioether (sulfide) groups is 1. The standard InChI is InChI=1S/C16H15ClN4OS/c1-11(14-5-3-4-6-15(14)17)23-16-18-19-20-21(16)12-7-9-13(22-2)10-8-12/h3-11H,1-2H3/t11-/m0/s1. The van der Waals surface area contributed by atoms with Crippen molar-refractivity contribution in [3.05, 3.63) is 59.1 Å². The van der Waals surface area contributed by atoms with E-state index in [1.165, 1.54) is 0 Å². The van der Waals surface area contributed by atoms with Crippen LogP contribution in [0.15, 0.2) is 53.7 Å². The Hall–Kier alpha value is -2.05. The molecule has 0 aliphatic carbocycles. The Morgan fingerprint density at radius 1 is 1.13 bits per heavy atom. The van der Waals surface area contributed by atoms with Crippen molar-refractivity contribution in [1.82, 2.24) is 20.2 Å². The number of aromatic nitrogens is 4. The molecule has 3 aromatic rings. The van der Waals surface area contributed by atoms with E-state index in [9.17, 15) is 0 Å². The monoisotopic (exact) mass is 346 g/mol. The summed E-state index contributed by atoms with van der Waals surface area (Å²) in [6.07, 6.45) is 0. The van der Waals surface area contributed by atoms with Gasteiger partial charge in [-0.3, -0.25) is 0 Å². The van der Waals surface area contributed by atoms with Gasteiger partial charge in [0, 0.05) is 10.3 Å². The number of benzene rings is 2. The van der Waals surface area contributed by atoms with Gasteiger partial charge in [0.05, 0.1) is 12.8 Å². The average molecular weight is 347 g/mol. The molecule has 1 heterocycles. The van der Waals surface area contributed by atoms with E-state index in [1.807, 2.05) is 48.5 Å². The maximum absolute atomic E-state index is 6.26. The van der Waals surface area contributed by atoms with Crippen molar-refractivity contribution in [2.24, 2.45) is 0 Å². The van der Waals surface area contributed by atoms with Gasteiger partial charge in [-0.2, -0.15) is 4.68 Å². The molecule has 0 saturated heterocycles. The van der Waals surface area contributed by atoms with Gasteiger partial charge in [0.15, 0.2) is 0 Å². The highest BCUT2D eigenvalue weighted by atomic mass is 35.5. The molecular weight excluding hydrogens is 332 g/mol. The van der Waals surface area contributed by atoms with Crippen LogP contribution in [-0.2, 0) is 0 Å². The molecule has 0 unspecified atom stereocenters. The minimum atomic E-state index is 0.131. The van der Waals surface area contributed by atoms with Crippen LogP contribution in [0, 0.1) is 0 Å². The van der Waals surface area contributed by atoms with E-state index in [0.29, 0.717) is 5.16 Å². The number of halogens is 1. The van der Waals surface area contributed by atoms with Crippen LogP contribution < -0.4 is 4.74 Å². The minimum absolute atomic E-state index is 0.131. The number of methoxy groups -OCH3 is 1. The quantitative estimate of drug-likeness (QED) is 0.649. The molecule has 7 heteroatoms. The van der Waals surface area contributed by atoms with Crippen LogP contribution in [0.4, 0.5) is 0 Å². The molecule has 0 saturated carbocycles. The highest BCUT2D eigenvalue weighted by Gasteiger charge is 2.16. The summed E-state index contributed by atoms with van der Waals surface area (Å²) in [5, 5.41) is 13.6. The molecule has 23 heavy (non-hydrogen) atoms. The van der Waals surface area contributed by atoms with Crippen molar-refractivity contribution in [2.45, 2.75) is 17.3 Å². The zero-order chi connectivity index (χ0) is 16.2. The van der Waals surface area contributed by atoms with Gasteiger partial charge in [-0.05, 0) is 53.2 Å². The molecule has 0 N–H and O–H groups in total. The number of hydrogen-bond donors (Lipinski definition) is 0. The SMILES string of the molecule is COc1ccc(-n2nnnc2S[C@@H](C)c2ccccc2Cl)cc1. The molecule has 2 aromatic carbocycles. The highest BCUT2D eigenvalue weighted by molar-refractivity contribution is 7.99. The van der Waals surface area contributed by atoms with Gasteiger partial charge in [-0.15, -0.1) is 5.10 Å². The van der Waals surface area contributed by atoms with Crippen molar-refractivity contribution in [3.8, 4) is 11.4 Å². The zero-order valence-electron chi connectivity index (χ0n) is 12.7. The smallest absolute Gasteiger partial charge is 0.214 e. The van der Waals surface area contributed by atoms with Gasteiger partial charge < -0.3 is 4.74 Å². The Morgan fingerprint density at radius 2 is 1.87 bits per heavy atom. The molecule has 0 radical (unpaired) electrons. The van der Waals surface area contributed by atoms with E-state index in [0.717, 1.165) is 22.0 Å². The molecule has 5 nitrogen and oxygen atoms in total. The lowest BCUT2D eigenvalue weighted by Gasteiger charge is -2.12. The average Bonchev–Trinajstić information content (AvgIpc) is 3.03. The lowest BCUT2D eigenvalue weighted by atomic mass is 10.2. The summed E-state index contributed by atoms with van der Waals surface area (Å²) in [6, 6.07) is 15.4. The minimum Gasteiger partial charge on any atom is -0.497 e. The van der Waals surface area contributed by atoms with Gasteiger partial charge in [-0.25, -0.2) is 0 Å². The van der Waals surface area contributed by atoms with E-state index in [4.69, 9.17) is 16.3 Å². The Bertz CT molecular complexity index is 791. The van der Waals surface area contributed by atoms with Crippen molar-refractivity contribution in [1.29, 1.82) is 0 Å². The van der Waals surface area contributed by atoms with Gasteiger partial charge in [0.25, 0.3) is 0 Å². The molecule has 0 amide bonds. The topological polar surface area (TPSA) is 52.8 Å². The number of nitrogens with zero attached hydrogens (tertiary/aromatic N) is 4. The van der Waals surface area contributed by atoms with Crippen LogP contribution in [0.2, 0.25) is 5.02 Å². The summed E-state index contributed by atoms with van der Waals surface area (Å²) < 4.78 is 6.88. The molecule has 0 spiro atoms. The van der Waals surface area contributed by atoms with Gasteiger partial charge in [-0.1, -0.05) is 41.6 Å². The fourth-order valence-electron chi connectivity index (χ4n) is 2.16. The second kappa shape index (κ2) is 7.02. The Kier molecular flexibility index (Phi) is 4.83. The first-order chi connectivity index (χ1) is 11.2. The molecule has 3 rings (SSSR count). The van der Waals surface area contributed by atoms with Crippen molar-refractivity contribution < 1.29 is 4.74 Å². The lowest BCUT2D eigenvalue weighted by molar-refractivity contribution is 0.414. The number of tetrazole rings is 1. The molecule has 1 atom stereocenters. The predicted octanol–water partition coefficient (Wildman–Crippen LogP) is 4.18. The molecule has 0 aliphatic heterocycles. The third-order valence-electron chi connectivity index (χ3n) is 3.38. The molecule has 0 fully saturated rings. The highest BCUT2D eigenvalue weighted by Crippen LogP contribution is 2.37. The number of ether oxygens (including phenoxy) is 1. The Labute approximate surface area is 143 Å². The summed E-state index contributed by atoms with van der Waals surface area (Å²) in [5.41, 5.74) is 1.94. The summed E-state index contributed by atoms with van der Waals surface area (Å²) >= 11 is 7.82. The zero-order valence-corrected chi connectivity index (χ0v) is 14.3. The van der Waals surface area contributed by atoms with Crippen molar-refractivity contribution >= 4 is 23.4 Å². The molecular formula is C16H15ClN4OS. The second-order valence-electron chi connectivity index (χ2n) is 4.85. The second-order valence-corrected chi connectivity index (χ2v) is 6.57. The maximum Gasteiger partial charge on any atom is 0.214 e. The first-order valence-electron chi connectivity index (χ1n) is 7.03. The number of rotatable bonds is 5. The lowest BCUT2D eigenvalue weighted by Crippen LogP contribution is -2.00. The van der Waals surface area contributed by atoms with Crippen molar-refractivity contribution in [2.75, 3.05) is 7.11 Å². The van der Waals surface area contributed by atoms with Crippen LogP contribution in [0.5, 0.6) is 5.75 Å². The van der Waals surface area contributed by atoms with Crippen LogP contribution in [-0.4, -0.2) is 27.3 Å². The van der Waals surface area contributed by atoms with Crippen LogP contribution >= 0.6 is 23.4 Å². The Balaban J connectivity index is 1.84. The predicted molar refractivity (Wildman–Crippen MR) is 91.4 cm³/mol. The molecule has 0 aliphatic rings. The molecule has 0 bridgehead atoms. The fourth-order valence-corrected chi connectivity index (χ4v) is 3.50. The Morgan fingerprint density at radius 3 is 2.57 bits per heavy atom. The first kappa shape index (κ1) is 15.8. The summed E-state index contributed by atoms with van der Waals surface area (Å²) in [6.45, 7) is 2.08. The third kappa shape index (κ3) is 3.48. The van der Waals surface area contributed by atoms with Gasteiger partial charge in [0.1, 0.15) is 5.75 Å². The fraction of sp³-hybridized carbons (Fsp3) is 0.188.